The Morgan fingerprint density at radius 3 is 2.39 bits per heavy atom. The summed E-state index contributed by atoms with van der Waals surface area (Å²) in [5.41, 5.74) is 8.85. The largest absolute Gasteiger partial charge is 0.366 e. The summed E-state index contributed by atoms with van der Waals surface area (Å²) in [5.74, 6) is 1.03. The van der Waals surface area contributed by atoms with Crippen molar-refractivity contribution in [1.29, 1.82) is 5.26 Å². The van der Waals surface area contributed by atoms with Crippen LogP contribution in [0.25, 0.3) is 0 Å². The molecule has 2 heterocycles. The van der Waals surface area contributed by atoms with Crippen molar-refractivity contribution in [2.24, 2.45) is 0 Å². The molecule has 3 N–H and O–H groups in total. The van der Waals surface area contributed by atoms with E-state index in [4.69, 9.17) is 22.6 Å². The Kier molecular flexibility index (Phi) is 6.70. The van der Waals surface area contributed by atoms with Crippen molar-refractivity contribution in [2.75, 3.05) is 30.3 Å². The zero-order chi connectivity index (χ0) is 21.6. The first-order valence-corrected chi connectivity index (χ1v) is 10.9. The van der Waals surface area contributed by atoms with Crippen LogP contribution in [0.15, 0.2) is 48.5 Å². The van der Waals surface area contributed by atoms with Crippen molar-refractivity contribution in [3.63, 3.8) is 0 Å². The second kappa shape index (κ2) is 9.82. The van der Waals surface area contributed by atoms with Crippen LogP contribution in [0.2, 0.25) is 5.02 Å². The molecule has 0 radical (unpaired) electrons. The van der Waals surface area contributed by atoms with E-state index >= 15 is 0 Å². The van der Waals surface area contributed by atoms with Gasteiger partial charge in [-0.2, -0.15) is 10.2 Å². The average molecular weight is 436 g/mol. The molecule has 0 bridgehead atoms. The van der Waals surface area contributed by atoms with E-state index in [1.165, 1.54) is 11.1 Å². The topological polar surface area (TPSA) is 97.9 Å². The molecule has 0 atom stereocenters. The lowest BCUT2D eigenvalue weighted by Gasteiger charge is -2.38. The SMILES string of the molecule is N#Cc1ccc(CN(CCc2ccc(Cl)cc2)C2CCN(c3nc(N)n[nH]3)CC2)cc1. The van der Waals surface area contributed by atoms with E-state index in [2.05, 4.69) is 55.3 Å². The normalized spacial score (nSPS) is 14.7. The van der Waals surface area contributed by atoms with Gasteiger partial charge < -0.3 is 10.6 Å². The molecule has 4 rings (SSSR count). The highest BCUT2D eigenvalue weighted by molar-refractivity contribution is 6.30. The van der Waals surface area contributed by atoms with E-state index in [9.17, 15) is 0 Å². The number of nitrogens with two attached hydrogens (primary N) is 1. The first kappa shape index (κ1) is 21.2. The Hall–Kier alpha value is -3.08. The highest BCUT2D eigenvalue weighted by Gasteiger charge is 2.26. The Morgan fingerprint density at radius 1 is 1.10 bits per heavy atom. The Balaban J connectivity index is 1.43. The summed E-state index contributed by atoms with van der Waals surface area (Å²) in [6.45, 7) is 3.63. The zero-order valence-corrected chi connectivity index (χ0v) is 18.1. The highest BCUT2D eigenvalue weighted by atomic mass is 35.5. The first-order valence-electron chi connectivity index (χ1n) is 10.5. The van der Waals surface area contributed by atoms with Gasteiger partial charge in [-0.1, -0.05) is 35.9 Å². The van der Waals surface area contributed by atoms with E-state index in [-0.39, 0.29) is 5.95 Å². The van der Waals surface area contributed by atoms with Crippen molar-refractivity contribution in [1.82, 2.24) is 20.1 Å². The van der Waals surface area contributed by atoms with Gasteiger partial charge in [-0.15, -0.1) is 5.10 Å². The number of hydrogen-bond acceptors (Lipinski definition) is 6. The quantitative estimate of drug-likeness (QED) is 0.588. The summed E-state index contributed by atoms with van der Waals surface area (Å²) in [6, 6.07) is 18.6. The summed E-state index contributed by atoms with van der Waals surface area (Å²) < 4.78 is 0. The summed E-state index contributed by atoms with van der Waals surface area (Å²) >= 11 is 6.04. The molecule has 1 aromatic heterocycles. The number of H-pyrrole nitrogens is 1. The van der Waals surface area contributed by atoms with Gasteiger partial charge in [0.2, 0.25) is 11.9 Å². The fraction of sp³-hybridized carbons (Fsp3) is 0.348. The lowest BCUT2D eigenvalue weighted by atomic mass is 10.0. The Labute approximate surface area is 187 Å². The number of nitrogen functional groups attached to an aromatic ring is 1. The van der Waals surface area contributed by atoms with Gasteiger partial charge in [0.05, 0.1) is 11.6 Å². The molecule has 160 valence electrons. The van der Waals surface area contributed by atoms with E-state index < -0.39 is 0 Å². The predicted molar refractivity (Wildman–Crippen MR) is 123 cm³/mol. The third-order valence-electron chi connectivity index (χ3n) is 5.84. The van der Waals surface area contributed by atoms with Crippen molar-refractivity contribution in [3.05, 3.63) is 70.2 Å². The molecule has 0 unspecified atom stereocenters. The number of anilines is 2. The molecule has 31 heavy (non-hydrogen) atoms. The van der Waals surface area contributed by atoms with Gasteiger partial charge in [0.15, 0.2) is 0 Å². The molecule has 1 fully saturated rings. The maximum atomic E-state index is 9.07. The van der Waals surface area contributed by atoms with E-state index in [1.54, 1.807) is 0 Å². The number of hydrogen-bond donors (Lipinski definition) is 2. The molecule has 1 saturated heterocycles. The van der Waals surface area contributed by atoms with Crippen LogP contribution in [0.3, 0.4) is 0 Å². The van der Waals surface area contributed by atoms with E-state index in [1.807, 2.05) is 24.3 Å². The summed E-state index contributed by atoms with van der Waals surface area (Å²) in [4.78, 5) is 9.02. The molecular formula is C23H26ClN7. The van der Waals surface area contributed by atoms with E-state index in [0.717, 1.165) is 56.4 Å². The van der Waals surface area contributed by atoms with Gasteiger partial charge in [0.25, 0.3) is 0 Å². The van der Waals surface area contributed by atoms with Crippen LogP contribution in [-0.2, 0) is 13.0 Å². The minimum atomic E-state index is 0.280. The number of rotatable bonds is 7. The second-order valence-corrected chi connectivity index (χ2v) is 8.33. The summed E-state index contributed by atoms with van der Waals surface area (Å²) in [6.07, 6.45) is 3.04. The number of halogens is 1. The van der Waals surface area contributed by atoms with E-state index in [0.29, 0.717) is 11.6 Å². The van der Waals surface area contributed by atoms with Crippen molar-refractivity contribution in [2.45, 2.75) is 31.8 Å². The molecule has 0 saturated carbocycles. The minimum Gasteiger partial charge on any atom is -0.366 e. The number of aromatic amines is 1. The average Bonchev–Trinajstić information content (AvgIpc) is 3.24. The zero-order valence-electron chi connectivity index (χ0n) is 17.3. The molecule has 0 aliphatic carbocycles. The molecule has 0 spiro atoms. The fourth-order valence-electron chi connectivity index (χ4n) is 4.08. The van der Waals surface area contributed by atoms with Crippen LogP contribution in [-0.4, -0.2) is 45.8 Å². The Morgan fingerprint density at radius 2 is 1.77 bits per heavy atom. The van der Waals surface area contributed by atoms with Gasteiger partial charge in [-0.3, -0.25) is 4.90 Å². The molecule has 2 aromatic carbocycles. The number of aromatic nitrogens is 3. The van der Waals surface area contributed by atoms with Crippen LogP contribution in [0, 0.1) is 11.3 Å². The first-order chi connectivity index (χ1) is 15.1. The van der Waals surface area contributed by atoms with Gasteiger partial charge in [0.1, 0.15) is 0 Å². The van der Waals surface area contributed by atoms with Crippen LogP contribution in [0.4, 0.5) is 11.9 Å². The number of nitrogens with one attached hydrogen (secondary N) is 1. The molecule has 1 aliphatic heterocycles. The molecule has 3 aromatic rings. The van der Waals surface area contributed by atoms with Crippen LogP contribution in [0.5, 0.6) is 0 Å². The smallest absolute Gasteiger partial charge is 0.241 e. The monoisotopic (exact) mass is 435 g/mol. The number of nitrogens with zero attached hydrogens (tertiary/aromatic N) is 5. The van der Waals surface area contributed by atoms with Gasteiger partial charge in [-0.05, 0) is 54.7 Å². The number of piperidine rings is 1. The molecule has 1 aliphatic rings. The van der Waals surface area contributed by atoms with Gasteiger partial charge >= 0.3 is 0 Å². The summed E-state index contributed by atoms with van der Waals surface area (Å²) in [5, 5.41) is 16.7. The highest BCUT2D eigenvalue weighted by Crippen LogP contribution is 2.23. The second-order valence-electron chi connectivity index (χ2n) is 7.89. The van der Waals surface area contributed by atoms with Crippen molar-refractivity contribution >= 4 is 23.5 Å². The van der Waals surface area contributed by atoms with Crippen LogP contribution in [0.1, 0.15) is 29.5 Å². The fourth-order valence-corrected chi connectivity index (χ4v) is 4.21. The van der Waals surface area contributed by atoms with Gasteiger partial charge in [0, 0.05) is 37.2 Å². The third-order valence-corrected chi connectivity index (χ3v) is 6.09. The standard InChI is InChI=1S/C23H26ClN7/c24-20-7-5-17(6-8-20)9-12-31(16-19-3-1-18(15-25)2-4-19)21-10-13-30(14-11-21)23-27-22(26)28-29-23/h1-8,21H,9-14,16H2,(H3,26,27,28,29). The minimum absolute atomic E-state index is 0.280. The lowest BCUT2D eigenvalue weighted by molar-refractivity contribution is 0.162. The van der Waals surface area contributed by atoms with Crippen LogP contribution < -0.4 is 10.6 Å². The molecule has 7 nitrogen and oxygen atoms in total. The molecular weight excluding hydrogens is 410 g/mol. The summed E-state index contributed by atoms with van der Waals surface area (Å²) in [7, 11) is 0. The number of benzene rings is 2. The van der Waals surface area contributed by atoms with Crippen LogP contribution >= 0.6 is 11.6 Å². The third kappa shape index (κ3) is 5.54. The number of nitriles is 1. The maximum Gasteiger partial charge on any atom is 0.241 e. The van der Waals surface area contributed by atoms with Crippen molar-refractivity contribution in [3.8, 4) is 6.07 Å². The lowest BCUT2D eigenvalue weighted by Crippen LogP contribution is -2.45. The van der Waals surface area contributed by atoms with Crippen molar-refractivity contribution < 1.29 is 0 Å². The predicted octanol–water partition coefficient (Wildman–Crippen LogP) is 3.63. The van der Waals surface area contributed by atoms with Gasteiger partial charge in [-0.25, -0.2) is 5.10 Å². The molecule has 8 heteroatoms. The Bertz CT molecular complexity index is 1020. The molecule has 0 amide bonds. The maximum absolute atomic E-state index is 9.07.